The van der Waals surface area contributed by atoms with Gasteiger partial charge in [-0.1, -0.05) is 44.7 Å². The van der Waals surface area contributed by atoms with Crippen LogP contribution in [0.25, 0.3) is 5.76 Å². The van der Waals surface area contributed by atoms with E-state index in [9.17, 15) is 4.79 Å². The molecule has 1 aromatic heterocycles. The number of carbonyl (C=O) groups is 1. The molecule has 8 heteroatoms. The van der Waals surface area contributed by atoms with Crippen LogP contribution >= 0.6 is 0 Å². The molecular formula is C28H33N3O5. The van der Waals surface area contributed by atoms with Crippen molar-refractivity contribution in [2.75, 3.05) is 19.8 Å². The Balaban J connectivity index is 1.56. The number of benzene rings is 2. The lowest BCUT2D eigenvalue weighted by Crippen LogP contribution is -2.18. The number of carbonyl (C=O) groups excluding carboxylic acids is 1. The van der Waals surface area contributed by atoms with Crippen molar-refractivity contribution in [3.8, 4) is 11.5 Å². The zero-order valence-electron chi connectivity index (χ0n) is 21.0. The van der Waals surface area contributed by atoms with E-state index in [1.165, 1.54) is 0 Å². The van der Waals surface area contributed by atoms with E-state index < -0.39 is 6.09 Å². The van der Waals surface area contributed by atoms with Gasteiger partial charge in [-0.25, -0.2) is 14.8 Å². The van der Waals surface area contributed by atoms with Crippen molar-refractivity contribution in [1.29, 1.82) is 0 Å². The zero-order chi connectivity index (χ0) is 26.0. The molecule has 0 aliphatic heterocycles. The summed E-state index contributed by atoms with van der Waals surface area (Å²) in [5.74, 6) is 2.42. The standard InChI is InChI=1S/C28H33N3O5/c1-5-33-20(2)26-30-16-15-23(31-26)19-36-25-13-9-22(10-14-25)28(3,4)21-7-11-24(12-8-21)34-17-6-18-35-27(29)32/h7-16H,2,5-6,17-19H2,1,3-4H3,(H2,29,32). The van der Waals surface area contributed by atoms with Gasteiger partial charge in [0.25, 0.3) is 0 Å². The Morgan fingerprint density at radius 2 is 1.53 bits per heavy atom. The van der Waals surface area contributed by atoms with Crippen LogP contribution in [0.5, 0.6) is 11.5 Å². The van der Waals surface area contributed by atoms with E-state index in [1.54, 1.807) is 6.20 Å². The number of amides is 1. The zero-order valence-corrected chi connectivity index (χ0v) is 21.0. The number of nitrogens with two attached hydrogens (primary N) is 1. The molecule has 0 unspecified atom stereocenters. The number of primary amides is 1. The fourth-order valence-electron chi connectivity index (χ4n) is 3.53. The second-order valence-electron chi connectivity index (χ2n) is 8.56. The highest BCUT2D eigenvalue weighted by Gasteiger charge is 2.23. The van der Waals surface area contributed by atoms with Crippen molar-refractivity contribution < 1.29 is 23.7 Å². The minimum Gasteiger partial charge on any atom is -0.493 e. The number of hydrogen-bond donors (Lipinski definition) is 1. The summed E-state index contributed by atoms with van der Waals surface area (Å²) in [4.78, 5) is 19.2. The second kappa shape index (κ2) is 12.6. The summed E-state index contributed by atoms with van der Waals surface area (Å²) in [5, 5.41) is 0. The van der Waals surface area contributed by atoms with Gasteiger partial charge in [-0.05, 0) is 48.4 Å². The van der Waals surface area contributed by atoms with Crippen LogP contribution in [0.2, 0.25) is 0 Å². The Morgan fingerprint density at radius 3 is 2.11 bits per heavy atom. The van der Waals surface area contributed by atoms with Crippen molar-refractivity contribution in [2.45, 2.75) is 39.2 Å². The highest BCUT2D eigenvalue weighted by Crippen LogP contribution is 2.33. The monoisotopic (exact) mass is 491 g/mol. The van der Waals surface area contributed by atoms with Gasteiger partial charge in [0.05, 0.1) is 25.5 Å². The number of hydrogen-bond acceptors (Lipinski definition) is 7. The number of rotatable bonds is 13. The summed E-state index contributed by atoms with van der Waals surface area (Å²) < 4.78 is 21.7. The molecule has 0 fully saturated rings. The molecule has 0 saturated carbocycles. The van der Waals surface area contributed by atoms with Gasteiger partial charge in [-0.15, -0.1) is 0 Å². The third-order valence-electron chi connectivity index (χ3n) is 5.62. The average molecular weight is 492 g/mol. The molecule has 0 radical (unpaired) electrons. The normalized spacial score (nSPS) is 11.0. The van der Waals surface area contributed by atoms with Gasteiger partial charge in [0.15, 0.2) is 11.6 Å². The summed E-state index contributed by atoms with van der Waals surface area (Å²) in [7, 11) is 0. The Bertz CT molecular complexity index is 1140. The molecular weight excluding hydrogens is 458 g/mol. The molecule has 3 aromatic rings. The lowest BCUT2D eigenvalue weighted by Gasteiger charge is -2.26. The maximum atomic E-state index is 10.6. The molecule has 2 aromatic carbocycles. The Labute approximate surface area is 212 Å². The highest BCUT2D eigenvalue weighted by molar-refractivity contribution is 5.64. The summed E-state index contributed by atoms with van der Waals surface area (Å²) in [5.41, 5.74) is 7.78. The molecule has 0 bridgehead atoms. The third kappa shape index (κ3) is 7.46. The van der Waals surface area contributed by atoms with Gasteiger partial charge in [0.1, 0.15) is 18.1 Å². The van der Waals surface area contributed by atoms with Gasteiger partial charge in [-0.3, -0.25) is 0 Å². The van der Waals surface area contributed by atoms with Gasteiger partial charge >= 0.3 is 6.09 Å². The highest BCUT2D eigenvalue weighted by atomic mass is 16.5. The second-order valence-corrected chi connectivity index (χ2v) is 8.56. The van der Waals surface area contributed by atoms with Gasteiger partial charge in [0, 0.05) is 18.0 Å². The summed E-state index contributed by atoms with van der Waals surface area (Å²) in [6.45, 7) is 11.6. The van der Waals surface area contributed by atoms with Crippen LogP contribution in [0.1, 0.15) is 49.8 Å². The molecule has 0 aliphatic rings. The SMILES string of the molecule is C=C(OCC)c1nccc(COc2ccc(C(C)(C)c3ccc(OCCCOC(N)=O)cc3)cc2)n1. The number of nitrogens with zero attached hydrogens (tertiary/aromatic N) is 2. The van der Waals surface area contributed by atoms with E-state index in [1.807, 2.05) is 37.3 Å². The predicted octanol–water partition coefficient (Wildman–Crippen LogP) is 5.25. The first-order valence-corrected chi connectivity index (χ1v) is 11.8. The van der Waals surface area contributed by atoms with Crippen LogP contribution in [0.3, 0.4) is 0 Å². The van der Waals surface area contributed by atoms with Crippen molar-refractivity contribution in [3.63, 3.8) is 0 Å². The average Bonchev–Trinajstić information content (AvgIpc) is 2.88. The first-order chi connectivity index (χ1) is 17.3. The van der Waals surface area contributed by atoms with Gasteiger partial charge in [-0.2, -0.15) is 0 Å². The predicted molar refractivity (Wildman–Crippen MR) is 138 cm³/mol. The minimum absolute atomic E-state index is 0.215. The summed E-state index contributed by atoms with van der Waals surface area (Å²) in [6, 6.07) is 17.9. The molecule has 1 heterocycles. The Kier molecular flexibility index (Phi) is 9.27. The van der Waals surface area contributed by atoms with Crippen molar-refractivity contribution in [1.82, 2.24) is 9.97 Å². The maximum Gasteiger partial charge on any atom is 0.404 e. The largest absolute Gasteiger partial charge is 0.493 e. The molecule has 1 amide bonds. The van der Waals surface area contributed by atoms with Crippen LogP contribution in [-0.4, -0.2) is 35.9 Å². The molecule has 8 nitrogen and oxygen atoms in total. The van der Waals surface area contributed by atoms with E-state index in [4.69, 9.17) is 24.7 Å². The smallest absolute Gasteiger partial charge is 0.404 e. The number of ether oxygens (including phenoxy) is 4. The first kappa shape index (κ1) is 26.5. The molecule has 0 spiro atoms. The topological polar surface area (TPSA) is 106 Å². The Hall–Kier alpha value is -4.07. The summed E-state index contributed by atoms with van der Waals surface area (Å²) >= 11 is 0. The fraction of sp³-hybridized carbons (Fsp3) is 0.321. The molecule has 0 atom stereocenters. The molecule has 36 heavy (non-hydrogen) atoms. The number of aromatic nitrogens is 2. The van der Waals surface area contributed by atoms with Gasteiger partial charge in [0.2, 0.25) is 0 Å². The fourth-order valence-corrected chi connectivity index (χ4v) is 3.53. The first-order valence-electron chi connectivity index (χ1n) is 11.8. The lowest BCUT2D eigenvalue weighted by molar-refractivity contribution is 0.147. The van der Waals surface area contributed by atoms with Crippen LogP contribution in [0, 0.1) is 0 Å². The van der Waals surface area contributed by atoms with E-state index in [0.29, 0.717) is 37.8 Å². The van der Waals surface area contributed by atoms with E-state index >= 15 is 0 Å². The lowest BCUT2D eigenvalue weighted by atomic mass is 9.78. The molecule has 0 saturated heterocycles. The molecule has 2 N–H and O–H groups in total. The van der Waals surface area contributed by atoms with Gasteiger partial charge < -0.3 is 24.7 Å². The molecule has 0 aliphatic carbocycles. The van der Waals surface area contributed by atoms with Crippen LogP contribution in [0.15, 0.2) is 67.4 Å². The quantitative estimate of drug-likeness (QED) is 0.257. The minimum atomic E-state index is -0.773. The van der Waals surface area contributed by atoms with Crippen molar-refractivity contribution in [3.05, 3.63) is 90.0 Å². The van der Waals surface area contributed by atoms with Crippen LogP contribution in [-0.2, 0) is 21.5 Å². The van der Waals surface area contributed by atoms with E-state index in [0.717, 1.165) is 28.3 Å². The third-order valence-corrected chi connectivity index (χ3v) is 5.62. The van der Waals surface area contributed by atoms with Crippen LogP contribution in [0.4, 0.5) is 4.79 Å². The molecule has 190 valence electrons. The van der Waals surface area contributed by atoms with E-state index in [-0.39, 0.29) is 12.0 Å². The summed E-state index contributed by atoms with van der Waals surface area (Å²) in [6.07, 6.45) is 1.47. The van der Waals surface area contributed by atoms with E-state index in [2.05, 4.69) is 54.7 Å². The Morgan fingerprint density at radius 1 is 0.917 bits per heavy atom. The maximum absolute atomic E-state index is 10.6. The molecule has 3 rings (SSSR count). The van der Waals surface area contributed by atoms with Crippen LogP contribution < -0.4 is 15.2 Å². The van der Waals surface area contributed by atoms with Crippen molar-refractivity contribution in [2.24, 2.45) is 5.73 Å². The van der Waals surface area contributed by atoms with Crippen molar-refractivity contribution >= 4 is 11.9 Å².